The van der Waals surface area contributed by atoms with Gasteiger partial charge in [0.25, 0.3) is 0 Å². The highest BCUT2D eigenvalue weighted by Gasteiger charge is 2.19. The monoisotopic (exact) mass is 378 g/mol. The van der Waals surface area contributed by atoms with Gasteiger partial charge in [-0.25, -0.2) is 0 Å². The second kappa shape index (κ2) is 9.45. The van der Waals surface area contributed by atoms with Crippen LogP contribution in [0.25, 0.3) is 10.9 Å². The lowest BCUT2D eigenvalue weighted by Crippen LogP contribution is -2.30. The van der Waals surface area contributed by atoms with Gasteiger partial charge in [-0.05, 0) is 35.2 Å². The fraction of sp³-hybridized carbons (Fsp3) is 0.375. The van der Waals surface area contributed by atoms with E-state index in [1.165, 1.54) is 10.9 Å². The van der Waals surface area contributed by atoms with Gasteiger partial charge in [0.15, 0.2) is 0 Å². The summed E-state index contributed by atoms with van der Waals surface area (Å²) in [5.41, 5.74) is 3.47. The molecule has 0 spiro atoms. The molecule has 1 aromatic heterocycles. The SMILES string of the molecule is CCCC(C)CC(=O)NCC(c1ccc(OC)cc1)c1c[nH]c2ccccc12. The van der Waals surface area contributed by atoms with Crippen molar-refractivity contribution in [2.45, 2.75) is 39.0 Å². The van der Waals surface area contributed by atoms with Crippen molar-refractivity contribution in [3.63, 3.8) is 0 Å². The second-order valence-electron chi connectivity index (χ2n) is 7.52. The standard InChI is InChI=1S/C24H30N2O2/c1-4-7-17(2)14-24(27)26-15-21(18-10-12-19(28-3)13-11-18)22-16-25-23-9-6-5-8-20(22)23/h5-6,8-13,16-17,21,25H,4,7,14-15H2,1-3H3,(H,26,27). The Labute approximate surface area is 167 Å². The lowest BCUT2D eigenvalue weighted by atomic mass is 9.90. The molecule has 0 aliphatic heterocycles. The van der Waals surface area contributed by atoms with Gasteiger partial charge in [0.05, 0.1) is 7.11 Å². The number of nitrogens with one attached hydrogen (secondary N) is 2. The Hall–Kier alpha value is -2.75. The normalized spacial score (nSPS) is 13.2. The van der Waals surface area contributed by atoms with E-state index in [0.29, 0.717) is 18.9 Å². The summed E-state index contributed by atoms with van der Waals surface area (Å²) in [4.78, 5) is 15.8. The number of aromatic nitrogens is 1. The van der Waals surface area contributed by atoms with Crippen molar-refractivity contribution in [2.75, 3.05) is 13.7 Å². The maximum absolute atomic E-state index is 12.5. The largest absolute Gasteiger partial charge is 0.497 e. The Morgan fingerprint density at radius 3 is 2.61 bits per heavy atom. The van der Waals surface area contributed by atoms with E-state index < -0.39 is 0 Å². The molecule has 148 valence electrons. The molecular formula is C24H30N2O2. The van der Waals surface area contributed by atoms with Crippen molar-refractivity contribution in [2.24, 2.45) is 5.92 Å². The fourth-order valence-corrected chi connectivity index (χ4v) is 3.83. The third kappa shape index (κ3) is 4.75. The quantitative estimate of drug-likeness (QED) is 0.534. The number of amides is 1. The summed E-state index contributed by atoms with van der Waals surface area (Å²) in [6.45, 7) is 4.88. The fourth-order valence-electron chi connectivity index (χ4n) is 3.83. The van der Waals surface area contributed by atoms with E-state index >= 15 is 0 Å². The number of H-pyrrole nitrogens is 1. The predicted molar refractivity (Wildman–Crippen MR) is 115 cm³/mol. The number of benzene rings is 2. The summed E-state index contributed by atoms with van der Waals surface area (Å²) in [7, 11) is 1.67. The number of rotatable bonds is 9. The first-order valence-corrected chi connectivity index (χ1v) is 10.1. The van der Waals surface area contributed by atoms with Crippen LogP contribution in [-0.2, 0) is 4.79 Å². The number of methoxy groups -OCH3 is 1. The average molecular weight is 379 g/mol. The number of carbonyl (C=O) groups excluding carboxylic acids is 1. The molecule has 28 heavy (non-hydrogen) atoms. The van der Waals surface area contributed by atoms with E-state index in [1.54, 1.807) is 7.11 Å². The molecule has 2 atom stereocenters. The number of fused-ring (bicyclic) bond motifs is 1. The molecule has 0 saturated heterocycles. The highest BCUT2D eigenvalue weighted by molar-refractivity contribution is 5.84. The first-order chi connectivity index (χ1) is 13.6. The van der Waals surface area contributed by atoms with Gasteiger partial charge in [-0.3, -0.25) is 4.79 Å². The molecule has 4 nitrogen and oxygen atoms in total. The highest BCUT2D eigenvalue weighted by Crippen LogP contribution is 2.31. The maximum Gasteiger partial charge on any atom is 0.220 e. The van der Waals surface area contributed by atoms with E-state index in [-0.39, 0.29) is 11.8 Å². The Kier molecular flexibility index (Phi) is 6.75. The molecular weight excluding hydrogens is 348 g/mol. The van der Waals surface area contributed by atoms with E-state index in [4.69, 9.17) is 4.74 Å². The van der Waals surface area contributed by atoms with Gasteiger partial charge < -0.3 is 15.0 Å². The van der Waals surface area contributed by atoms with Crippen LogP contribution in [-0.4, -0.2) is 24.5 Å². The third-order valence-electron chi connectivity index (χ3n) is 5.33. The first-order valence-electron chi connectivity index (χ1n) is 10.1. The van der Waals surface area contributed by atoms with Gasteiger partial charge in [0, 0.05) is 36.0 Å². The molecule has 0 aliphatic carbocycles. The number of aromatic amines is 1. The van der Waals surface area contributed by atoms with E-state index in [2.05, 4.69) is 60.7 Å². The van der Waals surface area contributed by atoms with Gasteiger partial charge in [0.1, 0.15) is 5.75 Å². The van der Waals surface area contributed by atoms with Crippen LogP contribution >= 0.6 is 0 Å². The first kappa shape index (κ1) is 20.0. The number of hydrogen-bond donors (Lipinski definition) is 2. The number of para-hydroxylation sites is 1. The molecule has 0 bridgehead atoms. The van der Waals surface area contributed by atoms with Gasteiger partial charge in [-0.15, -0.1) is 0 Å². The molecule has 4 heteroatoms. The smallest absolute Gasteiger partial charge is 0.220 e. The lowest BCUT2D eigenvalue weighted by Gasteiger charge is -2.19. The van der Waals surface area contributed by atoms with Crippen LogP contribution in [0.2, 0.25) is 0 Å². The van der Waals surface area contributed by atoms with Crippen molar-refractivity contribution < 1.29 is 9.53 Å². The summed E-state index contributed by atoms with van der Waals surface area (Å²) in [6.07, 6.45) is 4.83. The lowest BCUT2D eigenvalue weighted by molar-refractivity contribution is -0.121. The van der Waals surface area contributed by atoms with Crippen LogP contribution in [0, 0.1) is 5.92 Å². The minimum atomic E-state index is 0.0764. The molecule has 0 aliphatic rings. The molecule has 1 heterocycles. The zero-order valence-corrected chi connectivity index (χ0v) is 17.0. The molecule has 0 fully saturated rings. The molecule has 3 rings (SSSR count). The van der Waals surface area contributed by atoms with Gasteiger partial charge in [0.2, 0.25) is 5.91 Å². The van der Waals surface area contributed by atoms with E-state index in [1.807, 2.05) is 18.2 Å². The Bertz CT molecular complexity index is 898. The van der Waals surface area contributed by atoms with Crippen molar-refractivity contribution in [1.29, 1.82) is 0 Å². The van der Waals surface area contributed by atoms with E-state index in [0.717, 1.165) is 29.7 Å². The van der Waals surface area contributed by atoms with E-state index in [9.17, 15) is 4.79 Å². The third-order valence-corrected chi connectivity index (χ3v) is 5.33. The molecule has 2 aromatic carbocycles. The molecule has 0 saturated carbocycles. The number of hydrogen-bond acceptors (Lipinski definition) is 2. The van der Waals surface area contributed by atoms with Gasteiger partial charge in [-0.2, -0.15) is 0 Å². The zero-order valence-electron chi connectivity index (χ0n) is 17.0. The average Bonchev–Trinajstić information content (AvgIpc) is 3.13. The number of ether oxygens (including phenoxy) is 1. The molecule has 3 aromatic rings. The van der Waals surface area contributed by atoms with Crippen LogP contribution in [0.4, 0.5) is 0 Å². The van der Waals surface area contributed by atoms with Crippen molar-refractivity contribution in [3.05, 3.63) is 65.9 Å². The Balaban J connectivity index is 1.83. The van der Waals surface area contributed by atoms with Crippen LogP contribution in [0.1, 0.15) is 50.2 Å². The Morgan fingerprint density at radius 2 is 1.89 bits per heavy atom. The van der Waals surface area contributed by atoms with Crippen LogP contribution in [0.5, 0.6) is 5.75 Å². The van der Waals surface area contributed by atoms with Crippen molar-refractivity contribution >= 4 is 16.8 Å². The second-order valence-corrected chi connectivity index (χ2v) is 7.52. The summed E-state index contributed by atoms with van der Waals surface area (Å²) in [6, 6.07) is 16.4. The summed E-state index contributed by atoms with van der Waals surface area (Å²) < 4.78 is 5.30. The van der Waals surface area contributed by atoms with Crippen molar-refractivity contribution in [1.82, 2.24) is 10.3 Å². The molecule has 0 radical (unpaired) electrons. The van der Waals surface area contributed by atoms with Gasteiger partial charge >= 0.3 is 0 Å². The number of carbonyl (C=O) groups is 1. The van der Waals surface area contributed by atoms with Crippen molar-refractivity contribution in [3.8, 4) is 5.75 Å². The van der Waals surface area contributed by atoms with Crippen LogP contribution in [0.15, 0.2) is 54.7 Å². The zero-order chi connectivity index (χ0) is 19.9. The van der Waals surface area contributed by atoms with Crippen LogP contribution < -0.4 is 10.1 Å². The minimum Gasteiger partial charge on any atom is -0.497 e. The summed E-state index contributed by atoms with van der Waals surface area (Å²) in [5.74, 6) is 1.45. The minimum absolute atomic E-state index is 0.0764. The summed E-state index contributed by atoms with van der Waals surface area (Å²) in [5, 5.41) is 4.36. The highest BCUT2D eigenvalue weighted by atomic mass is 16.5. The Morgan fingerprint density at radius 1 is 1.14 bits per heavy atom. The summed E-state index contributed by atoms with van der Waals surface area (Å²) >= 11 is 0. The topological polar surface area (TPSA) is 54.1 Å². The molecule has 2 N–H and O–H groups in total. The molecule has 2 unspecified atom stereocenters. The predicted octanol–water partition coefficient (Wildman–Crippen LogP) is 5.25. The maximum atomic E-state index is 12.5. The van der Waals surface area contributed by atoms with Gasteiger partial charge in [-0.1, -0.05) is 57.0 Å². The molecule has 1 amide bonds. The van der Waals surface area contributed by atoms with Crippen LogP contribution in [0.3, 0.4) is 0 Å².